The zero-order valence-electron chi connectivity index (χ0n) is 16.3. The Morgan fingerprint density at radius 1 is 1.10 bits per heavy atom. The number of benzene rings is 2. The molecule has 0 fully saturated rings. The molecule has 2 amide bonds. The molecule has 0 aromatic heterocycles. The Morgan fingerprint density at radius 2 is 1.76 bits per heavy atom. The van der Waals surface area contributed by atoms with Gasteiger partial charge < -0.3 is 15.0 Å². The molecular formula is C22H22F2N2O3. The van der Waals surface area contributed by atoms with Gasteiger partial charge >= 0.3 is 6.09 Å². The van der Waals surface area contributed by atoms with E-state index in [1.54, 1.807) is 36.1 Å². The summed E-state index contributed by atoms with van der Waals surface area (Å²) in [5.74, 6) is -2.68. The average molecular weight is 400 g/mol. The van der Waals surface area contributed by atoms with Gasteiger partial charge in [0.15, 0.2) is 0 Å². The van der Waals surface area contributed by atoms with Crippen LogP contribution in [0, 0.1) is 11.6 Å². The van der Waals surface area contributed by atoms with Crippen LogP contribution in [0.1, 0.15) is 36.2 Å². The molecule has 0 unspecified atom stereocenters. The second-order valence-electron chi connectivity index (χ2n) is 6.76. The highest BCUT2D eigenvalue weighted by atomic mass is 19.1. The summed E-state index contributed by atoms with van der Waals surface area (Å²) in [5.41, 5.74) is 2.90. The molecule has 7 heteroatoms. The summed E-state index contributed by atoms with van der Waals surface area (Å²) in [7, 11) is 0. The maximum absolute atomic E-state index is 13.8. The van der Waals surface area contributed by atoms with Gasteiger partial charge in [-0.15, -0.1) is 0 Å². The number of nitrogens with one attached hydrogen (secondary N) is 1. The van der Waals surface area contributed by atoms with Gasteiger partial charge in [0.2, 0.25) is 0 Å². The van der Waals surface area contributed by atoms with E-state index in [1.165, 1.54) is 11.6 Å². The van der Waals surface area contributed by atoms with Crippen LogP contribution in [-0.4, -0.2) is 36.6 Å². The van der Waals surface area contributed by atoms with Crippen LogP contribution in [0.2, 0.25) is 0 Å². The monoisotopic (exact) mass is 400 g/mol. The molecule has 0 bridgehead atoms. The van der Waals surface area contributed by atoms with Crippen molar-refractivity contribution in [2.75, 3.05) is 25.0 Å². The predicted molar refractivity (Wildman–Crippen MR) is 107 cm³/mol. The Balaban J connectivity index is 1.74. The van der Waals surface area contributed by atoms with Gasteiger partial charge in [-0.05, 0) is 55.7 Å². The SMILES string of the molecule is CCOC(=O)N1CCC(C)=C(c2ccc(NC(=O)c3c(F)cccc3F)cc2)C1. The van der Waals surface area contributed by atoms with Crippen LogP contribution in [0.4, 0.5) is 19.3 Å². The van der Waals surface area contributed by atoms with E-state index in [0.717, 1.165) is 29.7 Å². The molecule has 2 aromatic rings. The molecule has 3 rings (SSSR count). The highest BCUT2D eigenvalue weighted by Crippen LogP contribution is 2.28. The minimum absolute atomic E-state index is 0.324. The number of carbonyl (C=O) groups excluding carboxylic acids is 2. The first-order valence-corrected chi connectivity index (χ1v) is 9.36. The number of rotatable bonds is 4. The zero-order chi connectivity index (χ0) is 21.0. The standard InChI is InChI=1S/C22H22F2N2O3/c1-3-29-22(28)26-12-11-14(2)17(13-26)15-7-9-16(10-8-15)25-21(27)20-18(23)5-4-6-19(20)24/h4-10H,3,11-13H2,1-2H3,(H,25,27). The van der Waals surface area contributed by atoms with Crippen molar-refractivity contribution in [3.8, 4) is 0 Å². The maximum Gasteiger partial charge on any atom is 0.410 e. The van der Waals surface area contributed by atoms with Gasteiger partial charge in [-0.3, -0.25) is 4.79 Å². The maximum atomic E-state index is 13.8. The first kappa shape index (κ1) is 20.5. The summed E-state index contributed by atoms with van der Waals surface area (Å²) in [4.78, 5) is 25.9. The summed E-state index contributed by atoms with van der Waals surface area (Å²) in [6.45, 7) is 5.16. The summed E-state index contributed by atoms with van der Waals surface area (Å²) in [6.07, 6.45) is 0.410. The molecule has 0 aliphatic carbocycles. The molecule has 1 N–H and O–H groups in total. The first-order valence-electron chi connectivity index (χ1n) is 9.36. The third kappa shape index (κ3) is 4.62. The van der Waals surface area contributed by atoms with E-state index < -0.39 is 23.1 Å². The van der Waals surface area contributed by atoms with Gasteiger partial charge in [-0.1, -0.05) is 23.8 Å². The third-order valence-corrected chi connectivity index (χ3v) is 4.83. The average Bonchev–Trinajstić information content (AvgIpc) is 2.69. The van der Waals surface area contributed by atoms with Gasteiger partial charge in [0, 0.05) is 18.8 Å². The first-order chi connectivity index (χ1) is 13.9. The van der Waals surface area contributed by atoms with Crippen molar-refractivity contribution >= 4 is 23.3 Å². The number of hydrogen-bond acceptors (Lipinski definition) is 3. The number of halogens is 2. The molecule has 1 aliphatic heterocycles. The lowest BCUT2D eigenvalue weighted by molar-refractivity contribution is 0.101. The second-order valence-corrected chi connectivity index (χ2v) is 6.76. The minimum Gasteiger partial charge on any atom is -0.450 e. The third-order valence-electron chi connectivity index (χ3n) is 4.83. The molecule has 0 saturated heterocycles. The minimum atomic E-state index is -0.916. The van der Waals surface area contributed by atoms with Crippen molar-refractivity contribution in [3.63, 3.8) is 0 Å². The molecule has 1 aliphatic rings. The van der Waals surface area contributed by atoms with Crippen LogP contribution >= 0.6 is 0 Å². The van der Waals surface area contributed by atoms with Crippen LogP contribution in [0.15, 0.2) is 48.0 Å². The summed E-state index contributed by atoms with van der Waals surface area (Å²) >= 11 is 0. The van der Waals surface area contributed by atoms with Gasteiger partial charge in [-0.2, -0.15) is 0 Å². The van der Waals surface area contributed by atoms with Crippen molar-refractivity contribution in [2.24, 2.45) is 0 Å². The number of nitrogens with zero attached hydrogens (tertiary/aromatic N) is 1. The normalized spacial score (nSPS) is 14.0. The lowest BCUT2D eigenvalue weighted by Gasteiger charge is -2.29. The van der Waals surface area contributed by atoms with Gasteiger partial charge in [-0.25, -0.2) is 13.6 Å². The van der Waals surface area contributed by atoms with Crippen LogP contribution < -0.4 is 5.32 Å². The fraction of sp³-hybridized carbons (Fsp3) is 0.273. The van der Waals surface area contributed by atoms with Crippen molar-refractivity contribution in [1.82, 2.24) is 4.90 Å². The number of hydrogen-bond donors (Lipinski definition) is 1. The smallest absolute Gasteiger partial charge is 0.410 e. The van der Waals surface area contributed by atoms with E-state index >= 15 is 0 Å². The summed E-state index contributed by atoms with van der Waals surface area (Å²) in [5, 5.41) is 2.51. The second kappa shape index (κ2) is 8.86. The Bertz CT molecular complexity index is 935. The lowest BCUT2D eigenvalue weighted by Crippen LogP contribution is -2.36. The van der Waals surface area contributed by atoms with Crippen LogP contribution in [0.5, 0.6) is 0 Å². The van der Waals surface area contributed by atoms with E-state index in [1.807, 2.05) is 6.92 Å². The van der Waals surface area contributed by atoms with Crippen molar-refractivity contribution in [2.45, 2.75) is 20.3 Å². The van der Waals surface area contributed by atoms with Crippen molar-refractivity contribution < 1.29 is 23.1 Å². The molecule has 5 nitrogen and oxygen atoms in total. The van der Waals surface area contributed by atoms with E-state index in [2.05, 4.69) is 5.32 Å². The van der Waals surface area contributed by atoms with E-state index in [9.17, 15) is 18.4 Å². The summed E-state index contributed by atoms with van der Waals surface area (Å²) in [6, 6.07) is 10.2. The Kier molecular flexibility index (Phi) is 6.26. The quantitative estimate of drug-likeness (QED) is 0.798. The molecular weight excluding hydrogens is 378 g/mol. The molecule has 29 heavy (non-hydrogen) atoms. The topological polar surface area (TPSA) is 58.6 Å². The molecule has 0 spiro atoms. The van der Waals surface area contributed by atoms with E-state index in [-0.39, 0.29) is 6.09 Å². The molecule has 0 radical (unpaired) electrons. The Labute approximate surface area is 168 Å². The van der Waals surface area contributed by atoms with Gasteiger partial charge in [0.05, 0.1) is 6.61 Å². The fourth-order valence-corrected chi connectivity index (χ4v) is 3.23. The largest absolute Gasteiger partial charge is 0.450 e. The summed E-state index contributed by atoms with van der Waals surface area (Å²) < 4.78 is 32.6. The number of anilines is 1. The Hall–Kier alpha value is -3.22. The molecule has 0 atom stereocenters. The highest BCUT2D eigenvalue weighted by Gasteiger charge is 2.23. The van der Waals surface area contributed by atoms with Crippen molar-refractivity contribution in [3.05, 3.63) is 70.8 Å². The van der Waals surface area contributed by atoms with Crippen LogP contribution in [-0.2, 0) is 4.74 Å². The predicted octanol–water partition coefficient (Wildman–Crippen LogP) is 4.85. The van der Waals surface area contributed by atoms with Gasteiger partial charge in [0.1, 0.15) is 17.2 Å². The zero-order valence-corrected chi connectivity index (χ0v) is 16.3. The highest BCUT2D eigenvalue weighted by molar-refractivity contribution is 6.04. The molecule has 0 saturated carbocycles. The molecule has 1 heterocycles. The Morgan fingerprint density at radius 3 is 2.38 bits per heavy atom. The van der Waals surface area contributed by atoms with Crippen LogP contribution in [0.3, 0.4) is 0 Å². The lowest BCUT2D eigenvalue weighted by atomic mass is 9.95. The number of amides is 2. The van der Waals surface area contributed by atoms with Crippen LogP contribution in [0.25, 0.3) is 5.57 Å². The molecule has 2 aromatic carbocycles. The van der Waals surface area contributed by atoms with Crippen molar-refractivity contribution in [1.29, 1.82) is 0 Å². The number of ether oxygens (including phenoxy) is 1. The fourth-order valence-electron chi connectivity index (χ4n) is 3.23. The van der Waals surface area contributed by atoms with E-state index in [4.69, 9.17) is 4.74 Å². The molecule has 152 valence electrons. The van der Waals surface area contributed by atoms with Gasteiger partial charge in [0.25, 0.3) is 5.91 Å². The van der Waals surface area contributed by atoms with E-state index in [0.29, 0.717) is 25.4 Å². The number of carbonyl (C=O) groups is 2.